The summed E-state index contributed by atoms with van der Waals surface area (Å²) < 4.78 is 0. The van der Waals surface area contributed by atoms with Crippen LogP contribution in [0, 0.1) is 0 Å². The van der Waals surface area contributed by atoms with Gasteiger partial charge in [0.05, 0.1) is 0 Å². The van der Waals surface area contributed by atoms with Crippen LogP contribution in [0.15, 0.2) is 12.1 Å². The molecule has 114 valence electrons. The fourth-order valence-corrected chi connectivity index (χ4v) is 3.06. The van der Waals surface area contributed by atoms with Gasteiger partial charge in [-0.1, -0.05) is 25.4 Å². The van der Waals surface area contributed by atoms with E-state index in [2.05, 4.69) is 23.7 Å². The normalized spacial score (nSPS) is 20.1. The van der Waals surface area contributed by atoms with E-state index >= 15 is 0 Å². The quantitative estimate of drug-likeness (QED) is 0.806. The van der Waals surface area contributed by atoms with Crippen molar-refractivity contribution in [2.45, 2.75) is 38.6 Å². The molecule has 0 bridgehead atoms. The molecule has 1 amide bonds. The van der Waals surface area contributed by atoms with Gasteiger partial charge in [-0.2, -0.15) is 0 Å². The number of rotatable bonds is 3. The van der Waals surface area contributed by atoms with Gasteiger partial charge in [0.25, 0.3) is 5.91 Å². The van der Waals surface area contributed by atoms with Crippen LogP contribution < -0.4 is 0 Å². The van der Waals surface area contributed by atoms with Gasteiger partial charge in [-0.3, -0.25) is 9.69 Å². The molecule has 4 nitrogen and oxygen atoms in total. The number of aromatic nitrogens is 1. The molecule has 1 aliphatic carbocycles. The molecule has 1 saturated heterocycles. The van der Waals surface area contributed by atoms with Crippen LogP contribution in [0.25, 0.3) is 0 Å². The van der Waals surface area contributed by atoms with Gasteiger partial charge < -0.3 is 4.90 Å². The number of carbonyl (C=O) groups excluding carboxylic acids is 1. The van der Waals surface area contributed by atoms with Gasteiger partial charge in [0.2, 0.25) is 0 Å². The topological polar surface area (TPSA) is 36.4 Å². The van der Waals surface area contributed by atoms with Crippen LogP contribution in [0.1, 0.15) is 48.7 Å². The Labute approximate surface area is 131 Å². The molecule has 2 heterocycles. The van der Waals surface area contributed by atoms with Crippen LogP contribution in [0.4, 0.5) is 0 Å². The minimum absolute atomic E-state index is 0.0802. The number of pyridine rings is 1. The highest BCUT2D eigenvalue weighted by atomic mass is 35.5. The Morgan fingerprint density at radius 2 is 1.90 bits per heavy atom. The van der Waals surface area contributed by atoms with E-state index in [1.54, 1.807) is 6.07 Å². The predicted octanol–water partition coefficient (Wildman–Crippen LogP) is 2.78. The van der Waals surface area contributed by atoms with E-state index in [-0.39, 0.29) is 11.8 Å². The van der Waals surface area contributed by atoms with Gasteiger partial charge in [0.1, 0.15) is 5.15 Å². The summed E-state index contributed by atoms with van der Waals surface area (Å²) in [5.74, 6) is 0.346. The van der Waals surface area contributed by atoms with Crippen LogP contribution in [0.3, 0.4) is 0 Å². The molecule has 0 atom stereocenters. The molecule has 0 radical (unpaired) electrons. The number of amides is 1. The molecule has 1 aromatic heterocycles. The summed E-state index contributed by atoms with van der Waals surface area (Å²) in [6.07, 6.45) is 2.65. The molecule has 21 heavy (non-hydrogen) atoms. The van der Waals surface area contributed by atoms with Crippen molar-refractivity contribution in [1.29, 1.82) is 0 Å². The Balaban J connectivity index is 1.70. The van der Waals surface area contributed by atoms with E-state index in [0.717, 1.165) is 37.9 Å². The molecular weight excluding hydrogens is 286 g/mol. The molecule has 0 unspecified atom stereocenters. The van der Waals surface area contributed by atoms with Crippen LogP contribution in [0.5, 0.6) is 0 Å². The van der Waals surface area contributed by atoms with Gasteiger partial charge in [0.15, 0.2) is 0 Å². The van der Waals surface area contributed by atoms with Crippen molar-refractivity contribution in [3.63, 3.8) is 0 Å². The van der Waals surface area contributed by atoms with Crippen molar-refractivity contribution in [2.75, 3.05) is 26.2 Å². The number of nitrogens with zero attached hydrogens (tertiary/aromatic N) is 3. The molecule has 3 rings (SSSR count). The lowest BCUT2D eigenvalue weighted by Crippen LogP contribution is -2.49. The summed E-state index contributed by atoms with van der Waals surface area (Å²) in [4.78, 5) is 21.4. The van der Waals surface area contributed by atoms with Gasteiger partial charge >= 0.3 is 0 Å². The maximum atomic E-state index is 12.6. The first-order valence-electron chi connectivity index (χ1n) is 7.75. The van der Waals surface area contributed by atoms with Crippen molar-refractivity contribution in [3.05, 3.63) is 28.5 Å². The Kier molecular flexibility index (Phi) is 4.18. The second kappa shape index (κ2) is 5.93. The zero-order valence-corrected chi connectivity index (χ0v) is 13.4. The lowest BCUT2D eigenvalue weighted by Gasteiger charge is -2.35. The number of halogens is 1. The zero-order valence-electron chi connectivity index (χ0n) is 12.7. The largest absolute Gasteiger partial charge is 0.336 e. The van der Waals surface area contributed by atoms with Crippen molar-refractivity contribution >= 4 is 17.5 Å². The van der Waals surface area contributed by atoms with Crippen molar-refractivity contribution in [1.82, 2.24) is 14.8 Å². The van der Waals surface area contributed by atoms with Gasteiger partial charge in [-0.25, -0.2) is 4.98 Å². The lowest BCUT2D eigenvalue weighted by molar-refractivity contribution is 0.0627. The third kappa shape index (κ3) is 3.38. The van der Waals surface area contributed by atoms with E-state index in [1.165, 1.54) is 12.8 Å². The summed E-state index contributed by atoms with van der Waals surface area (Å²) in [7, 11) is 0. The molecule has 1 aliphatic heterocycles. The second-order valence-corrected chi connectivity index (χ2v) is 6.70. The zero-order chi connectivity index (χ0) is 15.0. The van der Waals surface area contributed by atoms with Crippen LogP contribution in [0.2, 0.25) is 5.15 Å². The average Bonchev–Trinajstić information content (AvgIpc) is 3.30. The minimum Gasteiger partial charge on any atom is -0.336 e. The van der Waals surface area contributed by atoms with Crippen molar-refractivity contribution < 1.29 is 4.79 Å². The Bertz CT molecular complexity index is 534. The van der Waals surface area contributed by atoms with E-state index in [1.807, 2.05) is 11.0 Å². The average molecular weight is 308 g/mol. The maximum Gasteiger partial charge on any atom is 0.254 e. The van der Waals surface area contributed by atoms with E-state index in [0.29, 0.717) is 10.7 Å². The summed E-state index contributed by atoms with van der Waals surface area (Å²) in [5, 5.41) is 0.404. The highest BCUT2D eigenvalue weighted by Crippen LogP contribution is 2.28. The van der Waals surface area contributed by atoms with Crippen LogP contribution in [-0.2, 0) is 0 Å². The highest BCUT2D eigenvalue weighted by Gasteiger charge is 2.32. The lowest BCUT2D eigenvalue weighted by atomic mass is 10.1. The van der Waals surface area contributed by atoms with Crippen LogP contribution in [-0.4, -0.2) is 52.9 Å². The fraction of sp³-hybridized carbons (Fsp3) is 0.625. The third-order valence-corrected chi connectivity index (χ3v) is 4.51. The number of carbonyl (C=O) groups is 1. The third-order valence-electron chi connectivity index (χ3n) is 4.32. The summed E-state index contributed by atoms with van der Waals surface area (Å²) >= 11 is 6.06. The van der Waals surface area contributed by atoms with Crippen molar-refractivity contribution in [2.24, 2.45) is 0 Å². The molecule has 2 aliphatic rings. The van der Waals surface area contributed by atoms with Gasteiger partial charge in [-0.15, -0.1) is 0 Å². The highest BCUT2D eigenvalue weighted by molar-refractivity contribution is 6.29. The minimum atomic E-state index is 0.0802. The monoisotopic (exact) mass is 307 g/mol. The number of hydrogen-bond acceptors (Lipinski definition) is 3. The summed E-state index contributed by atoms with van der Waals surface area (Å²) in [6, 6.07) is 4.35. The smallest absolute Gasteiger partial charge is 0.254 e. The number of piperazine rings is 1. The molecule has 1 aromatic rings. The molecule has 0 N–H and O–H groups in total. The molecule has 5 heteroatoms. The second-order valence-electron chi connectivity index (χ2n) is 6.32. The fourth-order valence-electron chi connectivity index (χ4n) is 2.85. The SMILES string of the molecule is CC(C)c1cc(C(=O)N2CCN(C3CC3)CC2)cc(Cl)n1. The first-order valence-corrected chi connectivity index (χ1v) is 8.13. The standard InChI is InChI=1S/C16H22ClN3O/c1-11(2)14-9-12(10-15(17)18-14)16(21)20-7-5-19(6-8-20)13-3-4-13/h9-11,13H,3-8H2,1-2H3. The molecule has 1 saturated carbocycles. The summed E-state index contributed by atoms with van der Waals surface area (Å²) in [6.45, 7) is 7.72. The van der Waals surface area contributed by atoms with Gasteiger partial charge in [-0.05, 0) is 30.9 Å². The van der Waals surface area contributed by atoms with E-state index in [9.17, 15) is 4.79 Å². The van der Waals surface area contributed by atoms with Crippen molar-refractivity contribution in [3.8, 4) is 0 Å². The molecule has 2 fully saturated rings. The first kappa shape index (κ1) is 14.8. The maximum absolute atomic E-state index is 12.6. The molecule has 0 spiro atoms. The van der Waals surface area contributed by atoms with E-state index in [4.69, 9.17) is 11.6 Å². The predicted molar refractivity (Wildman–Crippen MR) is 83.8 cm³/mol. The Morgan fingerprint density at radius 3 is 2.48 bits per heavy atom. The Morgan fingerprint density at radius 1 is 1.24 bits per heavy atom. The molecular formula is C16H22ClN3O. The van der Waals surface area contributed by atoms with Crippen LogP contribution >= 0.6 is 11.6 Å². The Hall–Kier alpha value is -1.13. The summed E-state index contributed by atoms with van der Waals surface area (Å²) in [5.41, 5.74) is 1.54. The van der Waals surface area contributed by atoms with E-state index < -0.39 is 0 Å². The number of hydrogen-bond donors (Lipinski definition) is 0. The van der Waals surface area contributed by atoms with Gasteiger partial charge in [0, 0.05) is 43.5 Å². The molecule has 0 aromatic carbocycles. The first-order chi connectivity index (χ1) is 10.0.